The van der Waals surface area contributed by atoms with Gasteiger partial charge >= 0.3 is 0 Å². The van der Waals surface area contributed by atoms with E-state index in [0.29, 0.717) is 0 Å². The predicted molar refractivity (Wildman–Crippen MR) is 258 cm³/mol. The minimum atomic E-state index is 0.884. The second kappa shape index (κ2) is 13.7. The summed E-state index contributed by atoms with van der Waals surface area (Å²) in [6.07, 6.45) is 6.66. The molecule has 0 amide bonds. The highest BCUT2D eigenvalue weighted by atomic mass is 16.3. The molecule has 4 heteroatoms. The van der Waals surface area contributed by atoms with Crippen LogP contribution in [-0.2, 0) is 6.42 Å². The molecule has 0 N–H and O–H groups in total. The van der Waals surface area contributed by atoms with Crippen LogP contribution < -0.4 is 4.90 Å². The van der Waals surface area contributed by atoms with E-state index in [1.165, 1.54) is 32.9 Å². The molecule has 4 nitrogen and oxygen atoms in total. The van der Waals surface area contributed by atoms with Gasteiger partial charge in [0.25, 0.3) is 0 Å². The van der Waals surface area contributed by atoms with Crippen LogP contribution in [0.1, 0.15) is 17.7 Å². The lowest BCUT2D eigenvalue weighted by molar-refractivity contribution is 0.669. The summed E-state index contributed by atoms with van der Waals surface area (Å²) in [5, 5.41) is 8.16. The Kier molecular flexibility index (Phi) is 7.70. The maximum Gasteiger partial charge on any atom is 0.143 e. The molecule has 0 spiro atoms. The predicted octanol–water partition coefficient (Wildman–Crippen LogP) is 16.3. The molecule has 3 aromatic heterocycles. The minimum absolute atomic E-state index is 0.884. The number of fused-ring (bicyclic) bond motifs is 10. The average molecular weight is 795 g/mol. The highest BCUT2D eigenvalue weighted by Gasteiger charge is 2.23. The molecule has 3 heterocycles. The molecule has 0 atom stereocenters. The zero-order valence-electron chi connectivity index (χ0n) is 33.8. The van der Waals surface area contributed by atoms with E-state index in [4.69, 9.17) is 8.83 Å². The highest BCUT2D eigenvalue weighted by Crippen LogP contribution is 2.46. The van der Waals surface area contributed by atoms with Gasteiger partial charge in [-0.25, -0.2) is 0 Å². The zero-order chi connectivity index (χ0) is 40.7. The van der Waals surface area contributed by atoms with Crippen molar-refractivity contribution < 1.29 is 8.83 Å². The van der Waals surface area contributed by atoms with E-state index < -0.39 is 0 Å². The van der Waals surface area contributed by atoms with Crippen LogP contribution in [-0.4, -0.2) is 4.57 Å². The van der Waals surface area contributed by atoms with Gasteiger partial charge in [-0.15, -0.1) is 0 Å². The molecule has 13 rings (SSSR count). The largest absolute Gasteiger partial charge is 0.456 e. The highest BCUT2D eigenvalue weighted by molar-refractivity contribution is 6.14. The number of allylic oxidation sites excluding steroid dienone is 1. The van der Waals surface area contributed by atoms with Crippen molar-refractivity contribution in [1.29, 1.82) is 0 Å². The quantitative estimate of drug-likeness (QED) is 0.168. The third kappa shape index (κ3) is 5.40. The number of hydrogen-bond donors (Lipinski definition) is 0. The maximum atomic E-state index is 6.81. The van der Waals surface area contributed by atoms with E-state index in [9.17, 15) is 0 Å². The van der Waals surface area contributed by atoms with Gasteiger partial charge in [0.1, 0.15) is 22.3 Å². The van der Waals surface area contributed by atoms with Crippen molar-refractivity contribution in [1.82, 2.24) is 4.57 Å². The van der Waals surface area contributed by atoms with E-state index >= 15 is 0 Å². The first-order valence-corrected chi connectivity index (χ1v) is 21.4. The number of anilines is 3. The van der Waals surface area contributed by atoms with Crippen LogP contribution in [0.15, 0.2) is 209 Å². The first kappa shape index (κ1) is 34.8. The summed E-state index contributed by atoms with van der Waals surface area (Å²) >= 11 is 0. The molecule has 12 aromatic rings. The molecular weight excluding hydrogens is 757 g/mol. The Hall–Kier alpha value is -8.08. The van der Waals surface area contributed by atoms with Gasteiger partial charge in [-0.3, -0.25) is 0 Å². The van der Waals surface area contributed by atoms with Gasteiger partial charge in [-0.05, 0) is 114 Å². The summed E-state index contributed by atoms with van der Waals surface area (Å²) < 4.78 is 15.6. The van der Waals surface area contributed by atoms with Gasteiger partial charge in [-0.1, -0.05) is 127 Å². The van der Waals surface area contributed by atoms with Gasteiger partial charge in [-0.2, -0.15) is 0 Å². The molecule has 292 valence electrons. The minimum Gasteiger partial charge on any atom is -0.456 e. The number of furan rings is 2. The van der Waals surface area contributed by atoms with Crippen molar-refractivity contribution in [2.75, 3.05) is 4.90 Å². The average Bonchev–Trinajstić information content (AvgIpc) is 4.01. The molecule has 1 aliphatic rings. The number of hydrogen-bond acceptors (Lipinski definition) is 3. The Labute approximate surface area is 357 Å². The van der Waals surface area contributed by atoms with Crippen molar-refractivity contribution in [3.05, 3.63) is 211 Å². The third-order valence-corrected chi connectivity index (χ3v) is 12.9. The number of nitrogens with zero attached hydrogens (tertiary/aromatic N) is 2. The summed E-state index contributed by atoms with van der Waals surface area (Å²) in [7, 11) is 0. The summed E-state index contributed by atoms with van der Waals surface area (Å²) in [6.45, 7) is 0. The Morgan fingerprint density at radius 3 is 1.98 bits per heavy atom. The van der Waals surface area contributed by atoms with Crippen molar-refractivity contribution in [3.8, 4) is 27.9 Å². The van der Waals surface area contributed by atoms with Crippen molar-refractivity contribution in [2.24, 2.45) is 0 Å². The molecule has 62 heavy (non-hydrogen) atoms. The third-order valence-electron chi connectivity index (χ3n) is 12.9. The maximum absolute atomic E-state index is 6.81. The first-order valence-electron chi connectivity index (χ1n) is 21.4. The summed E-state index contributed by atoms with van der Waals surface area (Å²) in [4.78, 5) is 2.38. The van der Waals surface area contributed by atoms with Crippen LogP contribution in [0.4, 0.5) is 17.1 Å². The van der Waals surface area contributed by atoms with Crippen LogP contribution in [0.3, 0.4) is 0 Å². The first-order chi connectivity index (χ1) is 30.7. The van der Waals surface area contributed by atoms with Crippen LogP contribution in [0.5, 0.6) is 0 Å². The Morgan fingerprint density at radius 1 is 0.452 bits per heavy atom. The fourth-order valence-corrected chi connectivity index (χ4v) is 9.94. The smallest absolute Gasteiger partial charge is 0.143 e. The molecule has 0 saturated heterocycles. The molecule has 0 aliphatic heterocycles. The molecule has 0 bridgehead atoms. The van der Waals surface area contributed by atoms with Crippen LogP contribution in [0.2, 0.25) is 0 Å². The van der Waals surface area contributed by atoms with Gasteiger partial charge in [0, 0.05) is 66.4 Å². The number of aromatic nitrogens is 1. The van der Waals surface area contributed by atoms with Gasteiger partial charge < -0.3 is 18.3 Å². The normalized spacial score (nSPS) is 12.6. The lowest BCUT2D eigenvalue weighted by atomic mass is 9.98. The summed E-state index contributed by atoms with van der Waals surface area (Å²) in [5.74, 6) is 0. The van der Waals surface area contributed by atoms with E-state index in [0.717, 1.165) is 102 Å². The Morgan fingerprint density at radius 2 is 1.11 bits per heavy atom. The lowest BCUT2D eigenvalue weighted by Crippen LogP contribution is -2.11. The van der Waals surface area contributed by atoms with Gasteiger partial charge in [0.15, 0.2) is 0 Å². The molecular formula is C58H38N2O2. The summed E-state index contributed by atoms with van der Waals surface area (Å²) in [5.41, 5.74) is 16.2. The fraction of sp³-hybridized carbons (Fsp3) is 0.0345. The summed E-state index contributed by atoms with van der Waals surface area (Å²) in [6, 6.07) is 69.7. The van der Waals surface area contributed by atoms with E-state index in [2.05, 4.69) is 204 Å². The van der Waals surface area contributed by atoms with Gasteiger partial charge in [0.2, 0.25) is 0 Å². The number of rotatable bonds is 6. The van der Waals surface area contributed by atoms with Crippen molar-refractivity contribution >= 4 is 88.7 Å². The fourth-order valence-electron chi connectivity index (χ4n) is 9.94. The second-order valence-corrected chi connectivity index (χ2v) is 16.4. The molecule has 1 aliphatic carbocycles. The zero-order valence-corrected chi connectivity index (χ0v) is 33.8. The van der Waals surface area contributed by atoms with Crippen LogP contribution in [0.25, 0.3) is 99.6 Å². The second-order valence-electron chi connectivity index (χ2n) is 16.4. The molecule has 0 radical (unpaired) electrons. The Balaban J connectivity index is 0.966. The van der Waals surface area contributed by atoms with Crippen LogP contribution in [0, 0.1) is 0 Å². The Bertz CT molecular complexity index is 3750. The topological polar surface area (TPSA) is 34.5 Å². The van der Waals surface area contributed by atoms with E-state index in [-0.39, 0.29) is 0 Å². The SMILES string of the molecule is C1=Cc2c(n(-c3ccc(N(c4ccc(-c5ccc6c(c5)oc5ccccc56)cc4)c4ccccc4-c4cccc5c4oc4cc6ccccc6cc45)cc3)c3ccccc23)CC1. The molecule has 0 saturated carbocycles. The molecule has 0 unspecified atom stereocenters. The van der Waals surface area contributed by atoms with Crippen molar-refractivity contribution in [3.63, 3.8) is 0 Å². The molecule has 0 fully saturated rings. The lowest BCUT2D eigenvalue weighted by Gasteiger charge is -2.28. The standard InChI is InChI=1S/C58H38N2O2/c1-2-13-39-35-57-51(34-38(39)12-1)50-19-11-18-49(58(50)62-57)46-16-5-7-20-52(46)59(41-27-24-37(25-28-41)40-26-33-48-47-17-6-10-23-55(47)61-56(48)36-40)42-29-31-43(32-30-42)60-53-21-8-3-14-44(53)45-15-4-9-22-54(45)60/h1-8,10-21,23-36H,9,22H2. The molecule has 9 aromatic carbocycles. The van der Waals surface area contributed by atoms with E-state index in [1.54, 1.807) is 0 Å². The van der Waals surface area contributed by atoms with Crippen LogP contribution >= 0.6 is 0 Å². The number of benzene rings is 9. The number of para-hydroxylation sites is 4. The van der Waals surface area contributed by atoms with Crippen molar-refractivity contribution in [2.45, 2.75) is 12.8 Å². The monoisotopic (exact) mass is 794 g/mol. The van der Waals surface area contributed by atoms with E-state index in [1.807, 2.05) is 12.1 Å². The van der Waals surface area contributed by atoms with Gasteiger partial charge in [0.05, 0.1) is 11.2 Å².